The van der Waals surface area contributed by atoms with Crippen LogP contribution >= 0.6 is 0 Å². The molecule has 0 saturated heterocycles. The fourth-order valence-corrected chi connectivity index (χ4v) is 1.47. The van der Waals surface area contributed by atoms with Crippen molar-refractivity contribution in [2.75, 3.05) is 27.2 Å². The van der Waals surface area contributed by atoms with Gasteiger partial charge < -0.3 is 10.2 Å². The summed E-state index contributed by atoms with van der Waals surface area (Å²) in [5, 5.41) is 7.54. The van der Waals surface area contributed by atoms with Crippen LogP contribution in [0.2, 0.25) is 0 Å². The van der Waals surface area contributed by atoms with Crippen LogP contribution in [0.3, 0.4) is 0 Å². The molecule has 1 heterocycles. The zero-order valence-electron chi connectivity index (χ0n) is 10.0. The molecule has 4 nitrogen and oxygen atoms in total. The number of nitrogens with zero attached hydrogens (tertiary/aromatic N) is 3. The maximum Gasteiger partial charge on any atom is 0.0534 e. The van der Waals surface area contributed by atoms with Crippen LogP contribution in [0.5, 0.6) is 0 Å². The molecule has 0 atom stereocenters. The highest BCUT2D eigenvalue weighted by molar-refractivity contribution is 5.02. The summed E-state index contributed by atoms with van der Waals surface area (Å²) in [6, 6.07) is 0. The molecule has 0 bridgehead atoms. The molecule has 15 heavy (non-hydrogen) atoms. The highest BCUT2D eigenvalue weighted by Crippen LogP contribution is 1.95. The van der Waals surface area contributed by atoms with Gasteiger partial charge in [-0.2, -0.15) is 5.10 Å². The number of hydrogen-bond donors (Lipinski definition) is 1. The van der Waals surface area contributed by atoms with E-state index in [0.717, 1.165) is 13.1 Å². The first kappa shape index (κ1) is 12.2. The predicted molar refractivity (Wildman–Crippen MR) is 62.7 cm³/mol. The molecule has 0 aromatic carbocycles. The Morgan fingerprint density at radius 1 is 1.40 bits per heavy atom. The van der Waals surface area contributed by atoms with Crippen LogP contribution in [0.25, 0.3) is 0 Å². The minimum absolute atomic E-state index is 0.926. The van der Waals surface area contributed by atoms with Gasteiger partial charge in [0.1, 0.15) is 0 Å². The van der Waals surface area contributed by atoms with E-state index in [0.29, 0.717) is 0 Å². The van der Waals surface area contributed by atoms with E-state index in [1.807, 2.05) is 24.1 Å². The Balaban J connectivity index is 1.98. The second kappa shape index (κ2) is 6.58. The SMILES string of the molecule is CN(C)CCCCNCc1cnn(C)c1. The first-order valence-electron chi connectivity index (χ1n) is 5.51. The fraction of sp³-hybridized carbons (Fsp3) is 0.727. The van der Waals surface area contributed by atoms with Gasteiger partial charge in [0, 0.05) is 25.4 Å². The minimum atomic E-state index is 0.926. The molecule has 0 aliphatic heterocycles. The first-order valence-corrected chi connectivity index (χ1v) is 5.51. The quantitative estimate of drug-likeness (QED) is 0.677. The first-order chi connectivity index (χ1) is 7.18. The van der Waals surface area contributed by atoms with Crippen molar-refractivity contribution in [1.82, 2.24) is 20.0 Å². The van der Waals surface area contributed by atoms with Crippen molar-refractivity contribution in [1.29, 1.82) is 0 Å². The maximum absolute atomic E-state index is 4.12. The smallest absolute Gasteiger partial charge is 0.0534 e. The molecule has 0 radical (unpaired) electrons. The summed E-state index contributed by atoms with van der Waals surface area (Å²) < 4.78 is 1.84. The standard InChI is InChI=1S/C11H22N4/c1-14(2)7-5-4-6-12-8-11-9-13-15(3)10-11/h9-10,12H,4-8H2,1-3H3. The highest BCUT2D eigenvalue weighted by atomic mass is 15.2. The number of hydrogen-bond acceptors (Lipinski definition) is 3. The average Bonchev–Trinajstić information content (AvgIpc) is 2.57. The maximum atomic E-state index is 4.12. The van der Waals surface area contributed by atoms with Crippen molar-refractivity contribution in [2.45, 2.75) is 19.4 Å². The largest absolute Gasteiger partial charge is 0.313 e. The van der Waals surface area contributed by atoms with Gasteiger partial charge in [0.25, 0.3) is 0 Å². The van der Waals surface area contributed by atoms with Gasteiger partial charge in [0.15, 0.2) is 0 Å². The summed E-state index contributed by atoms with van der Waals surface area (Å²) >= 11 is 0. The molecule has 1 rings (SSSR count). The van der Waals surface area contributed by atoms with E-state index in [1.165, 1.54) is 24.9 Å². The summed E-state index contributed by atoms with van der Waals surface area (Å²) in [6.07, 6.45) is 6.45. The molecule has 0 spiro atoms. The fourth-order valence-electron chi connectivity index (χ4n) is 1.47. The molecule has 0 unspecified atom stereocenters. The zero-order chi connectivity index (χ0) is 11.1. The Kier molecular flexibility index (Phi) is 5.36. The minimum Gasteiger partial charge on any atom is -0.313 e. The lowest BCUT2D eigenvalue weighted by Crippen LogP contribution is -2.17. The van der Waals surface area contributed by atoms with Gasteiger partial charge in [0.2, 0.25) is 0 Å². The summed E-state index contributed by atoms with van der Waals surface area (Å²) in [4.78, 5) is 2.22. The van der Waals surface area contributed by atoms with Crippen molar-refractivity contribution in [3.63, 3.8) is 0 Å². The van der Waals surface area contributed by atoms with Crippen molar-refractivity contribution in [2.24, 2.45) is 7.05 Å². The van der Waals surface area contributed by atoms with Gasteiger partial charge in [0.05, 0.1) is 6.20 Å². The van der Waals surface area contributed by atoms with E-state index < -0.39 is 0 Å². The van der Waals surface area contributed by atoms with E-state index >= 15 is 0 Å². The van der Waals surface area contributed by atoms with Crippen LogP contribution in [-0.2, 0) is 13.6 Å². The van der Waals surface area contributed by atoms with Gasteiger partial charge in [-0.05, 0) is 40.0 Å². The Morgan fingerprint density at radius 2 is 2.20 bits per heavy atom. The number of unbranched alkanes of at least 4 members (excludes halogenated alkanes) is 1. The molecular formula is C11H22N4. The van der Waals surface area contributed by atoms with Crippen LogP contribution in [0.15, 0.2) is 12.4 Å². The van der Waals surface area contributed by atoms with Crippen molar-refractivity contribution >= 4 is 0 Å². The molecule has 4 heteroatoms. The Labute approximate surface area is 92.3 Å². The lowest BCUT2D eigenvalue weighted by Gasteiger charge is -2.08. The number of nitrogens with one attached hydrogen (secondary N) is 1. The van der Waals surface area contributed by atoms with E-state index in [4.69, 9.17) is 0 Å². The van der Waals surface area contributed by atoms with Crippen LogP contribution in [0, 0.1) is 0 Å². The lowest BCUT2D eigenvalue weighted by molar-refractivity contribution is 0.391. The summed E-state index contributed by atoms with van der Waals surface area (Å²) in [5.41, 5.74) is 1.25. The molecule has 86 valence electrons. The molecular weight excluding hydrogens is 188 g/mol. The van der Waals surface area contributed by atoms with E-state index in [-0.39, 0.29) is 0 Å². The second-order valence-electron chi connectivity index (χ2n) is 4.21. The number of aromatic nitrogens is 2. The number of aryl methyl sites for hydroxylation is 1. The Morgan fingerprint density at radius 3 is 2.80 bits per heavy atom. The number of rotatable bonds is 7. The summed E-state index contributed by atoms with van der Waals surface area (Å²) in [5.74, 6) is 0. The average molecular weight is 210 g/mol. The van der Waals surface area contributed by atoms with Gasteiger partial charge in [-0.1, -0.05) is 0 Å². The van der Waals surface area contributed by atoms with Gasteiger partial charge in [-0.15, -0.1) is 0 Å². The van der Waals surface area contributed by atoms with Crippen molar-refractivity contribution in [3.8, 4) is 0 Å². The molecule has 0 aliphatic carbocycles. The van der Waals surface area contributed by atoms with Crippen LogP contribution in [-0.4, -0.2) is 41.9 Å². The van der Waals surface area contributed by atoms with E-state index in [9.17, 15) is 0 Å². The molecule has 1 N–H and O–H groups in total. The third kappa shape index (κ3) is 5.54. The van der Waals surface area contributed by atoms with E-state index in [1.54, 1.807) is 0 Å². The van der Waals surface area contributed by atoms with Gasteiger partial charge in [-0.3, -0.25) is 4.68 Å². The molecule has 0 amide bonds. The molecule has 0 fully saturated rings. The topological polar surface area (TPSA) is 33.1 Å². The third-order valence-electron chi connectivity index (χ3n) is 2.30. The van der Waals surface area contributed by atoms with Crippen LogP contribution in [0.1, 0.15) is 18.4 Å². The summed E-state index contributed by atoms with van der Waals surface area (Å²) in [7, 11) is 6.17. The zero-order valence-corrected chi connectivity index (χ0v) is 10.0. The predicted octanol–water partition coefficient (Wildman–Crippen LogP) is 0.851. The van der Waals surface area contributed by atoms with Crippen LogP contribution < -0.4 is 5.32 Å². The molecule has 0 saturated carbocycles. The van der Waals surface area contributed by atoms with Crippen molar-refractivity contribution < 1.29 is 0 Å². The van der Waals surface area contributed by atoms with Crippen molar-refractivity contribution in [3.05, 3.63) is 18.0 Å². The van der Waals surface area contributed by atoms with Gasteiger partial charge >= 0.3 is 0 Å². The molecule has 0 aliphatic rings. The highest BCUT2D eigenvalue weighted by Gasteiger charge is 1.95. The molecule has 1 aromatic heterocycles. The summed E-state index contributed by atoms with van der Waals surface area (Å²) in [6.45, 7) is 3.19. The monoisotopic (exact) mass is 210 g/mol. The Hall–Kier alpha value is -0.870. The normalized spacial score (nSPS) is 11.2. The van der Waals surface area contributed by atoms with Crippen LogP contribution in [0.4, 0.5) is 0 Å². The molecule has 1 aromatic rings. The Bertz CT molecular complexity index is 267. The second-order valence-corrected chi connectivity index (χ2v) is 4.21. The lowest BCUT2D eigenvalue weighted by atomic mass is 10.3. The third-order valence-corrected chi connectivity index (χ3v) is 2.30. The van der Waals surface area contributed by atoms with E-state index in [2.05, 4.69) is 29.4 Å². The van der Waals surface area contributed by atoms with Gasteiger partial charge in [-0.25, -0.2) is 0 Å².